The monoisotopic (exact) mass is 559 g/mol. The molecule has 1 aliphatic heterocycles. The second-order valence-corrected chi connectivity index (χ2v) is 11.4. The molecule has 1 aliphatic carbocycles. The lowest BCUT2D eigenvalue weighted by molar-refractivity contribution is -0.137. The highest BCUT2D eigenvalue weighted by Gasteiger charge is 2.31. The van der Waals surface area contributed by atoms with E-state index in [1.54, 1.807) is 4.90 Å². The summed E-state index contributed by atoms with van der Waals surface area (Å²) in [6, 6.07) is 8.89. The average molecular weight is 560 g/mol. The van der Waals surface area contributed by atoms with Crippen molar-refractivity contribution in [2.75, 3.05) is 45.9 Å². The van der Waals surface area contributed by atoms with Gasteiger partial charge in [-0.05, 0) is 106 Å². The maximum atomic E-state index is 12.9. The fraction of sp³-hybridized carbons (Fsp3) is 0.594. The van der Waals surface area contributed by atoms with E-state index >= 15 is 0 Å². The van der Waals surface area contributed by atoms with Crippen molar-refractivity contribution in [3.8, 4) is 5.75 Å². The molecule has 5 nitrogen and oxygen atoms in total. The van der Waals surface area contributed by atoms with E-state index in [9.17, 15) is 18.0 Å². The van der Waals surface area contributed by atoms with Crippen LogP contribution < -0.4 is 10.1 Å². The van der Waals surface area contributed by atoms with E-state index in [4.69, 9.17) is 4.74 Å². The molecule has 1 heterocycles. The summed E-state index contributed by atoms with van der Waals surface area (Å²) in [5, 5.41) is 3.60. The Labute approximate surface area is 237 Å². The summed E-state index contributed by atoms with van der Waals surface area (Å²) >= 11 is 0. The number of ether oxygens (including phenoxy) is 1. The molecular weight excluding hydrogens is 515 g/mol. The number of rotatable bonds is 10. The molecule has 1 N–H and O–H groups in total. The molecule has 1 saturated carbocycles. The number of alkyl halides is 3. The summed E-state index contributed by atoms with van der Waals surface area (Å²) in [5.41, 5.74) is 3.18. The second-order valence-electron chi connectivity index (χ2n) is 11.4. The summed E-state index contributed by atoms with van der Waals surface area (Å²) in [7, 11) is 0. The van der Waals surface area contributed by atoms with Gasteiger partial charge in [0.15, 0.2) is 0 Å². The van der Waals surface area contributed by atoms with E-state index in [1.807, 2.05) is 0 Å². The van der Waals surface area contributed by atoms with Crippen LogP contribution in [0, 0.1) is 19.8 Å². The second kappa shape index (κ2) is 13.9. The Hall–Kier alpha value is -2.58. The number of hydrogen-bond donors (Lipinski definition) is 1. The van der Waals surface area contributed by atoms with Gasteiger partial charge in [-0.25, -0.2) is 0 Å². The third kappa shape index (κ3) is 7.78. The first kappa shape index (κ1) is 30.4. The van der Waals surface area contributed by atoms with E-state index < -0.39 is 11.7 Å². The van der Waals surface area contributed by atoms with Gasteiger partial charge >= 0.3 is 6.18 Å². The molecular formula is C32H44F3N3O2. The summed E-state index contributed by atoms with van der Waals surface area (Å²) in [5.74, 6) is 1.56. The van der Waals surface area contributed by atoms with Gasteiger partial charge in [-0.1, -0.05) is 25.3 Å². The highest BCUT2D eigenvalue weighted by Crippen LogP contribution is 2.32. The minimum Gasteiger partial charge on any atom is -0.493 e. The van der Waals surface area contributed by atoms with Crippen LogP contribution in [0.3, 0.4) is 0 Å². The maximum absolute atomic E-state index is 12.9. The Bertz CT molecular complexity index is 1110. The number of hydrogen-bond acceptors (Lipinski definition) is 4. The van der Waals surface area contributed by atoms with Crippen molar-refractivity contribution in [2.45, 2.75) is 71.5 Å². The topological polar surface area (TPSA) is 44.8 Å². The fourth-order valence-corrected chi connectivity index (χ4v) is 6.00. The molecule has 1 atom stereocenters. The zero-order chi connectivity index (χ0) is 28.7. The van der Waals surface area contributed by atoms with Gasteiger partial charge in [-0.2, -0.15) is 13.2 Å². The predicted molar refractivity (Wildman–Crippen MR) is 153 cm³/mol. The van der Waals surface area contributed by atoms with Crippen LogP contribution in [0.5, 0.6) is 5.75 Å². The quantitative estimate of drug-likeness (QED) is 0.326. The molecule has 2 aromatic rings. The standard InChI is InChI=1S/C32H44F3N3O2/c1-23-24(2)30(40-21-7-16-36-22-26-8-5-4-6-9-26)15-14-29(23)25(3)37-17-19-38(20-18-37)31(39)27-10-12-28(13-11-27)32(33,34)35/h10-15,25-26,36H,4-9,16-22H2,1-3H3. The Balaban J connectivity index is 1.23. The average Bonchev–Trinajstić information content (AvgIpc) is 2.96. The summed E-state index contributed by atoms with van der Waals surface area (Å²) in [6.07, 6.45) is 3.46. The number of benzene rings is 2. The first-order valence-electron chi connectivity index (χ1n) is 14.8. The number of piperazine rings is 1. The third-order valence-electron chi connectivity index (χ3n) is 8.75. The van der Waals surface area contributed by atoms with Crippen LogP contribution in [0.25, 0.3) is 0 Å². The van der Waals surface area contributed by atoms with Gasteiger partial charge in [0.05, 0.1) is 12.2 Å². The minimum absolute atomic E-state index is 0.181. The van der Waals surface area contributed by atoms with Crippen LogP contribution >= 0.6 is 0 Å². The Morgan fingerprint density at radius 2 is 1.65 bits per heavy atom. The molecule has 220 valence electrons. The Kier molecular flexibility index (Phi) is 10.5. The lowest BCUT2D eigenvalue weighted by atomic mass is 9.89. The van der Waals surface area contributed by atoms with Gasteiger partial charge in [-0.15, -0.1) is 0 Å². The first-order valence-corrected chi connectivity index (χ1v) is 14.8. The molecule has 2 aromatic carbocycles. The number of carbonyl (C=O) groups excluding carboxylic acids is 1. The highest BCUT2D eigenvalue weighted by molar-refractivity contribution is 5.94. The van der Waals surface area contributed by atoms with Crippen molar-refractivity contribution >= 4 is 5.91 Å². The summed E-state index contributed by atoms with van der Waals surface area (Å²) in [6.45, 7) is 11.7. The maximum Gasteiger partial charge on any atom is 0.416 e. The van der Waals surface area contributed by atoms with E-state index in [0.717, 1.165) is 48.9 Å². The number of halogens is 3. The van der Waals surface area contributed by atoms with E-state index in [-0.39, 0.29) is 17.5 Å². The number of nitrogens with one attached hydrogen (secondary N) is 1. The molecule has 0 bridgehead atoms. The fourth-order valence-electron chi connectivity index (χ4n) is 6.00. The van der Waals surface area contributed by atoms with Gasteiger partial charge in [0.1, 0.15) is 5.75 Å². The highest BCUT2D eigenvalue weighted by atomic mass is 19.4. The van der Waals surface area contributed by atoms with Crippen molar-refractivity contribution in [2.24, 2.45) is 5.92 Å². The third-order valence-corrected chi connectivity index (χ3v) is 8.75. The molecule has 2 aliphatic rings. The van der Waals surface area contributed by atoms with Crippen LogP contribution in [0.1, 0.15) is 84.1 Å². The van der Waals surface area contributed by atoms with Crippen LogP contribution in [0.2, 0.25) is 0 Å². The molecule has 4 rings (SSSR count). The van der Waals surface area contributed by atoms with Crippen molar-refractivity contribution in [3.05, 3.63) is 64.2 Å². The summed E-state index contributed by atoms with van der Waals surface area (Å²) in [4.78, 5) is 17.0. The zero-order valence-electron chi connectivity index (χ0n) is 24.2. The van der Waals surface area contributed by atoms with Crippen molar-refractivity contribution in [3.63, 3.8) is 0 Å². The van der Waals surface area contributed by atoms with Crippen molar-refractivity contribution in [1.82, 2.24) is 15.1 Å². The SMILES string of the molecule is Cc1c(OCCCNCC2CCCCC2)ccc(C(C)N2CCN(C(=O)c3ccc(C(F)(F)F)cc3)CC2)c1C. The molecule has 1 unspecified atom stereocenters. The molecule has 0 aromatic heterocycles. The van der Waals surface area contributed by atoms with Crippen LogP contribution in [-0.4, -0.2) is 61.6 Å². The van der Waals surface area contributed by atoms with Crippen LogP contribution in [-0.2, 0) is 6.18 Å². The van der Waals surface area contributed by atoms with E-state index in [0.29, 0.717) is 32.8 Å². The van der Waals surface area contributed by atoms with Gasteiger partial charge < -0.3 is 15.0 Å². The lowest BCUT2D eigenvalue weighted by Crippen LogP contribution is -2.49. The molecule has 2 fully saturated rings. The molecule has 40 heavy (non-hydrogen) atoms. The van der Waals surface area contributed by atoms with Crippen LogP contribution in [0.15, 0.2) is 36.4 Å². The molecule has 0 spiro atoms. The van der Waals surface area contributed by atoms with Crippen molar-refractivity contribution in [1.29, 1.82) is 0 Å². The molecule has 0 radical (unpaired) electrons. The summed E-state index contributed by atoms with van der Waals surface area (Å²) < 4.78 is 44.7. The van der Waals surface area contributed by atoms with Crippen LogP contribution in [0.4, 0.5) is 13.2 Å². The van der Waals surface area contributed by atoms with Crippen molar-refractivity contribution < 1.29 is 22.7 Å². The normalized spacial score (nSPS) is 18.1. The minimum atomic E-state index is -4.41. The molecule has 8 heteroatoms. The van der Waals surface area contributed by atoms with E-state index in [2.05, 4.69) is 43.1 Å². The predicted octanol–water partition coefficient (Wildman–Crippen LogP) is 6.78. The van der Waals surface area contributed by atoms with Gasteiger partial charge in [0.2, 0.25) is 0 Å². The van der Waals surface area contributed by atoms with E-state index in [1.165, 1.54) is 55.4 Å². The largest absolute Gasteiger partial charge is 0.493 e. The number of nitrogens with zero attached hydrogens (tertiary/aromatic N) is 2. The van der Waals surface area contributed by atoms with Gasteiger partial charge in [0, 0.05) is 37.8 Å². The smallest absolute Gasteiger partial charge is 0.416 e. The number of amides is 1. The Morgan fingerprint density at radius 3 is 2.30 bits per heavy atom. The zero-order valence-corrected chi connectivity index (χ0v) is 24.2. The van der Waals surface area contributed by atoms with Gasteiger partial charge in [0.25, 0.3) is 5.91 Å². The number of carbonyl (C=O) groups is 1. The lowest BCUT2D eigenvalue weighted by Gasteiger charge is -2.39. The molecule has 1 saturated heterocycles. The molecule has 1 amide bonds. The Morgan fingerprint density at radius 1 is 0.975 bits per heavy atom. The first-order chi connectivity index (χ1) is 19.1. The van der Waals surface area contributed by atoms with Gasteiger partial charge in [-0.3, -0.25) is 9.69 Å².